The molecule has 0 amide bonds. The highest BCUT2D eigenvalue weighted by atomic mass is 127. The van der Waals surface area contributed by atoms with Crippen molar-refractivity contribution in [3.63, 3.8) is 0 Å². The summed E-state index contributed by atoms with van der Waals surface area (Å²) in [6.07, 6.45) is 0. The first-order chi connectivity index (χ1) is 8.52. The predicted octanol–water partition coefficient (Wildman–Crippen LogP) is 5.60. The van der Waals surface area contributed by atoms with Gasteiger partial charge in [0.2, 0.25) is 0 Å². The average molecular weight is 690 g/mol. The van der Waals surface area contributed by atoms with Crippen LogP contribution in [-0.4, -0.2) is 5.11 Å². The van der Waals surface area contributed by atoms with Crippen LogP contribution in [0.25, 0.3) is 0 Å². The standard InChI is InChI=1S/C12H6I4O2/c13-7-9(15)12(10(16)8(14)11(7)17)18-6-4-2-1-3-5-6/h1-5,17H. The molecule has 0 radical (unpaired) electrons. The summed E-state index contributed by atoms with van der Waals surface area (Å²) in [5, 5.41) is 9.98. The molecule has 2 aromatic rings. The number of phenolic OH excluding ortho intramolecular Hbond substituents is 1. The molecular formula is C12H6I4O2. The maximum atomic E-state index is 9.98. The van der Waals surface area contributed by atoms with E-state index in [1.807, 2.05) is 30.3 Å². The Bertz CT molecular complexity index is 555. The molecule has 1 N–H and O–H groups in total. The van der Waals surface area contributed by atoms with Gasteiger partial charge in [-0.2, -0.15) is 0 Å². The summed E-state index contributed by atoms with van der Waals surface area (Å²) >= 11 is 8.67. The highest BCUT2D eigenvalue weighted by Gasteiger charge is 2.19. The Balaban J connectivity index is 2.52. The molecule has 0 aromatic heterocycles. The molecule has 18 heavy (non-hydrogen) atoms. The van der Waals surface area contributed by atoms with Crippen molar-refractivity contribution in [3.8, 4) is 17.2 Å². The van der Waals surface area contributed by atoms with Crippen LogP contribution in [0, 0.1) is 14.3 Å². The quantitative estimate of drug-likeness (QED) is 0.329. The van der Waals surface area contributed by atoms with Gasteiger partial charge in [0.1, 0.15) is 11.5 Å². The molecule has 2 nitrogen and oxygen atoms in total. The zero-order chi connectivity index (χ0) is 13.3. The molecule has 0 unspecified atom stereocenters. The fourth-order valence-corrected chi connectivity index (χ4v) is 4.63. The van der Waals surface area contributed by atoms with E-state index in [1.165, 1.54) is 0 Å². The minimum absolute atomic E-state index is 0.324. The molecule has 94 valence electrons. The second-order valence-corrected chi connectivity index (χ2v) is 7.66. The van der Waals surface area contributed by atoms with E-state index in [9.17, 15) is 5.11 Å². The highest BCUT2D eigenvalue weighted by Crippen LogP contribution is 2.42. The Morgan fingerprint density at radius 1 is 0.778 bits per heavy atom. The first kappa shape index (κ1) is 15.4. The van der Waals surface area contributed by atoms with Gasteiger partial charge in [-0.1, -0.05) is 18.2 Å². The molecule has 0 atom stereocenters. The number of ether oxygens (including phenoxy) is 1. The van der Waals surface area contributed by atoms with Crippen LogP contribution in [-0.2, 0) is 0 Å². The molecule has 0 aliphatic carbocycles. The van der Waals surface area contributed by atoms with E-state index in [2.05, 4.69) is 90.4 Å². The molecule has 6 heteroatoms. The fraction of sp³-hybridized carbons (Fsp3) is 0. The Morgan fingerprint density at radius 3 is 1.78 bits per heavy atom. The van der Waals surface area contributed by atoms with E-state index in [0.29, 0.717) is 5.75 Å². The molecule has 2 rings (SSSR count). The Labute approximate surface area is 159 Å². The van der Waals surface area contributed by atoms with Crippen LogP contribution < -0.4 is 4.74 Å². The lowest BCUT2D eigenvalue weighted by Gasteiger charge is -2.14. The summed E-state index contributed by atoms with van der Waals surface area (Å²) in [6.45, 7) is 0. The smallest absolute Gasteiger partial charge is 0.156 e. The molecule has 0 aliphatic heterocycles. The number of phenols is 1. The number of benzene rings is 2. The first-order valence-corrected chi connectivity index (χ1v) is 9.11. The van der Waals surface area contributed by atoms with Crippen molar-refractivity contribution in [2.75, 3.05) is 0 Å². The van der Waals surface area contributed by atoms with Crippen LogP contribution in [0.1, 0.15) is 0 Å². The van der Waals surface area contributed by atoms with Crippen LogP contribution in [0.2, 0.25) is 0 Å². The fourth-order valence-electron chi connectivity index (χ4n) is 1.30. The molecule has 0 heterocycles. The van der Waals surface area contributed by atoms with Crippen molar-refractivity contribution in [1.82, 2.24) is 0 Å². The van der Waals surface area contributed by atoms with E-state index >= 15 is 0 Å². The second-order valence-electron chi connectivity index (χ2n) is 3.35. The maximum Gasteiger partial charge on any atom is 0.156 e. The van der Waals surface area contributed by atoms with Gasteiger partial charge in [-0.15, -0.1) is 0 Å². The summed E-state index contributed by atoms with van der Waals surface area (Å²) in [5.74, 6) is 1.92. The molecule has 0 aliphatic rings. The van der Waals surface area contributed by atoms with Gasteiger partial charge in [0.25, 0.3) is 0 Å². The lowest BCUT2D eigenvalue weighted by atomic mass is 10.3. The highest BCUT2D eigenvalue weighted by molar-refractivity contribution is 14.1. The van der Waals surface area contributed by atoms with Gasteiger partial charge in [0.15, 0.2) is 5.75 Å². The van der Waals surface area contributed by atoms with Gasteiger partial charge in [-0.05, 0) is 102 Å². The number of para-hydroxylation sites is 1. The van der Waals surface area contributed by atoms with Crippen molar-refractivity contribution < 1.29 is 9.84 Å². The van der Waals surface area contributed by atoms with Gasteiger partial charge >= 0.3 is 0 Å². The molecule has 0 saturated carbocycles. The lowest BCUT2D eigenvalue weighted by Crippen LogP contribution is -1.97. The van der Waals surface area contributed by atoms with Gasteiger partial charge in [0.05, 0.1) is 14.3 Å². The third-order valence-corrected chi connectivity index (χ3v) is 8.39. The maximum absolute atomic E-state index is 9.98. The van der Waals surface area contributed by atoms with Gasteiger partial charge in [-0.25, -0.2) is 0 Å². The second kappa shape index (κ2) is 6.61. The zero-order valence-corrected chi connectivity index (χ0v) is 17.4. The normalized spacial score (nSPS) is 10.4. The number of rotatable bonds is 2. The summed E-state index contributed by atoms with van der Waals surface area (Å²) in [5.41, 5.74) is 0. The molecule has 0 spiro atoms. The average Bonchev–Trinajstić information content (AvgIpc) is 2.40. The van der Waals surface area contributed by atoms with Crippen LogP contribution >= 0.6 is 90.4 Å². The van der Waals surface area contributed by atoms with Crippen molar-refractivity contribution in [3.05, 3.63) is 44.6 Å². The summed E-state index contributed by atoms with van der Waals surface area (Å²) in [4.78, 5) is 0. The zero-order valence-electron chi connectivity index (χ0n) is 8.75. The predicted molar refractivity (Wildman–Crippen MR) is 105 cm³/mol. The van der Waals surface area contributed by atoms with E-state index in [1.54, 1.807) is 0 Å². The summed E-state index contributed by atoms with van der Waals surface area (Å²) < 4.78 is 9.43. The molecular weight excluding hydrogens is 684 g/mol. The summed E-state index contributed by atoms with van der Waals surface area (Å²) in [6, 6.07) is 9.65. The number of hydrogen-bond acceptors (Lipinski definition) is 2. The van der Waals surface area contributed by atoms with E-state index in [4.69, 9.17) is 4.74 Å². The monoisotopic (exact) mass is 690 g/mol. The van der Waals surface area contributed by atoms with Crippen molar-refractivity contribution in [2.24, 2.45) is 0 Å². The third kappa shape index (κ3) is 3.16. The molecule has 2 aromatic carbocycles. The lowest BCUT2D eigenvalue weighted by molar-refractivity contribution is 0.451. The van der Waals surface area contributed by atoms with E-state index < -0.39 is 0 Å². The minimum atomic E-state index is 0.324. The topological polar surface area (TPSA) is 29.5 Å². The van der Waals surface area contributed by atoms with Crippen LogP contribution in [0.15, 0.2) is 30.3 Å². The first-order valence-electron chi connectivity index (χ1n) is 4.80. The van der Waals surface area contributed by atoms with Gasteiger partial charge in [-0.3, -0.25) is 0 Å². The largest absolute Gasteiger partial charge is 0.506 e. The van der Waals surface area contributed by atoms with Crippen LogP contribution in [0.5, 0.6) is 17.2 Å². The van der Waals surface area contributed by atoms with Crippen molar-refractivity contribution in [1.29, 1.82) is 0 Å². The van der Waals surface area contributed by atoms with Crippen molar-refractivity contribution in [2.45, 2.75) is 0 Å². The SMILES string of the molecule is Oc1c(I)c(I)c(Oc2ccccc2)c(I)c1I. The third-order valence-electron chi connectivity index (χ3n) is 2.16. The number of hydrogen-bond donors (Lipinski definition) is 1. The van der Waals surface area contributed by atoms with E-state index in [0.717, 1.165) is 25.8 Å². The summed E-state index contributed by atoms with van der Waals surface area (Å²) in [7, 11) is 0. The minimum Gasteiger partial charge on any atom is -0.506 e. The number of halogens is 4. The Hall–Kier alpha value is 0.960. The van der Waals surface area contributed by atoms with E-state index in [-0.39, 0.29) is 0 Å². The molecule has 0 saturated heterocycles. The molecule has 0 fully saturated rings. The van der Waals surface area contributed by atoms with Crippen molar-refractivity contribution >= 4 is 90.4 Å². The van der Waals surface area contributed by atoms with Gasteiger partial charge in [0, 0.05) is 0 Å². The van der Waals surface area contributed by atoms with Gasteiger partial charge < -0.3 is 9.84 Å². The number of aromatic hydroxyl groups is 1. The van der Waals surface area contributed by atoms with Crippen LogP contribution in [0.4, 0.5) is 0 Å². The molecule has 0 bridgehead atoms. The Kier molecular flexibility index (Phi) is 5.64. The van der Waals surface area contributed by atoms with Crippen LogP contribution in [0.3, 0.4) is 0 Å². The Morgan fingerprint density at radius 2 is 1.28 bits per heavy atom.